The number of rotatable bonds is 2. The smallest absolute Gasteiger partial charge is 0.221 e. The van der Waals surface area contributed by atoms with Crippen molar-refractivity contribution in [3.8, 4) is 0 Å². The van der Waals surface area contributed by atoms with Gasteiger partial charge in [-0.25, -0.2) is 17.6 Å². The molecule has 0 aromatic heterocycles. The number of benzene rings is 1. The fourth-order valence-corrected chi connectivity index (χ4v) is 1.52. The molecule has 1 rings (SSSR count). The highest BCUT2D eigenvalue weighted by molar-refractivity contribution is 14.1. The lowest BCUT2D eigenvalue weighted by molar-refractivity contribution is -0.114. The topological polar surface area (TPSA) is 99.8 Å². The Labute approximate surface area is 118 Å². The lowest BCUT2D eigenvalue weighted by Gasteiger charge is -2.12. The molecule has 0 aliphatic heterocycles. The highest BCUT2D eigenvalue weighted by Crippen LogP contribution is 2.33. The van der Waals surface area contributed by atoms with Gasteiger partial charge in [-0.3, -0.25) is 9.71 Å². The lowest BCUT2D eigenvalue weighted by Crippen LogP contribution is -2.12. The van der Waals surface area contributed by atoms with Crippen molar-refractivity contribution in [1.82, 2.24) is 0 Å². The molecule has 0 aliphatic rings. The molecule has 19 heavy (non-hydrogen) atoms. The molecule has 0 unspecified atom stereocenters. The van der Waals surface area contributed by atoms with Crippen molar-refractivity contribution in [2.75, 3.05) is 8.85 Å². The van der Waals surface area contributed by atoms with E-state index in [4.69, 9.17) is 11.1 Å². The predicted octanol–water partition coefficient (Wildman–Crippen LogP) is 3.83. The number of nitrogens with zero attached hydrogens (tertiary/aromatic N) is 3. The van der Waals surface area contributed by atoms with Crippen LogP contribution < -0.4 is 8.85 Å². The fourth-order valence-electron chi connectivity index (χ4n) is 1.01. The maximum Gasteiger partial charge on any atom is 0.221 e. The normalized spacial score (nSPS) is 8.95. The molecule has 0 bridgehead atoms. The third-order valence-corrected chi connectivity index (χ3v) is 2.20. The number of nitrogens with one attached hydrogen (secondary N) is 2. The van der Waals surface area contributed by atoms with E-state index in [1.54, 1.807) is 0 Å². The Hall–Kier alpha value is -1.75. The van der Waals surface area contributed by atoms with Crippen molar-refractivity contribution in [2.45, 2.75) is 6.92 Å². The van der Waals surface area contributed by atoms with E-state index in [1.165, 1.54) is 27.8 Å². The average molecular weight is 390 g/mol. The molecular weight excluding hydrogens is 385 g/mol. The molecule has 104 valence electrons. The molecular formula is C8H5F4IN5O-. The summed E-state index contributed by atoms with van der Waals surface area (Å²) in [5, 5.41) is 1.87. The highest BCUT2D eigenvalue weighted by Gasteiger charge is 2.25. The first-order valence-corrected chi connectivity index (χ1v) is 5.38. The second kappa shape index (κ2) is 7.63. The second-order valence-electron chi connectivity index (χ2n) is 2.87. The molecule has 1 aromatic rings. The Bertz CT molecular complexity index is 533. The van der Waals surface area contributed by atoms with Gasteiger partial charge in [-0.05, 0) is 0 Å². The summed E-state index contributed by atoms with van der Waals surface area (Å²) in [5.41, 5.74) is 12.1. The molecule has 0 radical (unpaired) electrons. The largest absolute Gasteiger partial charge is 0.373 e. The summed E-state index contributed by atoms with van der Waals surface area (Å²) in [6.45, 7) is 1.02. The van der Waals surface area contributed by atoms with Crippen molar-refractivity contribution in [3.63, 3.8) is 0 Å². The van der Waals surface area contributed by atoms with Crippen LogP contribution in [-0.4, -0.2) is 5.91 Å². The van der Waals surface area contributed by atoms with Crippen molar-refractivity contribution >= 4 is 40.1 Å². The number of anilines is 2. The summed E-state index contributed by atoms with van der Waals surface area (Å²) in [6, 6.07) is 0. The van der Waals surface area contributed by atoms with E-state index < -0.39 is 40.6 Å². The van der Waals surface area contributed by atoms with Gasteiger partial charge in [0.15, 0.2) is 23.3 Å². The number of hydrogen-bond donors (Lipinski definition) is 2. The van der Waals surface area contributed by atoms with E-state index in [2.05, 4.69) is 3.53 Å². The Morgan fingerprint density at radius 2 is 1.42 bits per heavy atom. The minimum absolute atomic E-state index is 0.660. The quantitative estimate of drug-likeness (QED) is 0.117. The summed E-state index contributed by atoms with van der Waals surface area (Å²) in [7, 11) is 0. The van der Waals surface area contributed by atoms with Crippen LogP contribution in [0.1, 0.15) is 6.92 Å². The van der Waals surface area contributed by atoms with Gasteiger partial charge in [0.1, 0.15) is 11.4 Å². The summed E-state index contributed by atoms with van der Waals surface area (Å²) in [4.78, 5) is 12.2. The average Bonchev–Trinajstić information content (AvgIpc) is 2.34. The van der Waals surface area contributed by atoms with Gasteiger partial charge < -0.3 is 19.9 Å². The Kier molecular flexibility index (Phi) is 6.93. The molecule has 0 atom stereocenters. The van der Waals surface area contributed by atoms with Crippen molar-refractivity contribution in [3.05, 3.63) is 39.2 Å². The first-order chi connectivity index (χ1) is 8.81. The molecule has 0 aliphatic carbocycles. The monoisotopic (exact) mass is 390 g/mol. The van der Waals surface area contributed by atoms with Crippen LogP contribution in [0.25, 0.3) is 16.0 Å². The Morgan fingerprint density at radius 1 is 1.05 bits per heavy atom. The number of halogens is 5. The van der Waals surface area contributed by atoms with Crippen LogP contribution in [0.15, 0.2) is 0 Å². The summed E-state index contributed by atoms with van der Waals surface area (Å²) in [5.74, 6) is -7.91. The van der Waals surface area contributed by atoms with E-state index >= 15 is 0 Å². The molecule has 6 nitrogen and oxygen atoms in total. The zero-order valence-electron chi connectivity index (χ0n) is 9.14. The number of carbonyl (C=O) groups is 1. The molecule has 0 saturated heterocycles. The van der Waals surface area contributed by atoms with Crippen LogP contribution in [-0.2, 0) is 4.79 Å². The summed E-state index contributed by atoms with van der Waals surface area (Å²) >= 11 is 1.40. The van der Waals surface area contributed by atoms with Crippen molar-refractivity contribution in [1.29, 1.82) is 0 Å². The standard InChI is InChI=1S/C8H5F4IN2O.N3/c1-2(16)14-7-5(11)3(9)4(10)6(12)8(7)15-13;1-3-2/h15H,1H3,(H,14,16);/q;-1. The van der Waals surface area contributed by atoms with E-state index in [9.17, 15) is 22.4 Å². The maximum absolute atomic E-state index is 13.2. The van der Waals surface area contributed by atoms with Gasteiger partial charge in [0.2, 0.25) is 5.91 Å². The SMILES string of the molecule is CC(=O)Nc1c(F)c(F)c(F)c(F)c1NI.[N-]=[N+]=[N-]. The molecule has 0 spiro atoms. The molecule has 0 heterocycles. The van der Waals surface area contributed by atoms with Crippen LogP contribution in [0.5, 0.6) is 0 Å². The first kappa shape index (κ1) is 17.2. The van der Waals surface area contributed by atoms with Gasteiger partial charge in [0.25, 0.3) is 0 Å². The fraction of sp³-hybridized carbons (Fsp3) is 0.125. The summed E-state index contributed by atoms with van der Waals surface area (Å²) < 4.78 is 54.1. The van der Waals surface area contributed by atoms with Gasteiger partial charge >= 0.3 is 0 Å². The van der Waals surface area contributed by atoms with Gasteiger partial charge in [-0.1, -0.05) is 0 Å². The zero-order chi connectivity index (χ0) is 15.2. The molecule has 1 amide bonds. The Morgan fingerprint density at radius 3 is 1.74 bits per heavy atom. The third kappa shape index (κ3) is 4.13. The molecule has 2 N–H and O–H groups in total. The number of hydrogen-bond acceptors (Lipinski definition) is 2. The van der Waals surface area contributed by atoms with Crippen LogP contribution >= 0.6 is 22.9 Å². The summed E-state index contributed by atoms with van der Waals surface area (Å²) in [6.07, 6.45) is 0. The van der Waals surface area contributed by atoms with Crippen LogP contribution in [0.4, 0.5) is 28.9 Å². The predicted molar refractivity (Wildman–Crippen MR) is 68.3 cm³/mol. The van der Waals surface area contributed by atoms with Crippen LogP contribution in [0.3, 0.4) is 0 Å². The van der Waals surface area contributed by atoms with Gasteiger partial charge in [0, 0.05) is 6.92 Å². The van der Waals surface area contributed by atoms with Crippen molar-refractivity contribution < 1.29 is 22.4 Å². The second-order valence-corrected chi connectivity index (χ2v) is 3.41. The Balaban J connectivity index is 0.000000982. The van der Waals surface area contributed by atoms with Crippen LogP contribution in [0.2, 0.25) is 0 Å². The van der Waals surface area contributed by atoms with Crippen molar-refractivity contribution in [2.24, 2.45) is 0 Å². The minimum atomic E-state index is -1.98. The van der Waals surface area contributed by atoms with Crippen LogP contribution in [0, 0.1) is 23.3 Å². The number of carbonyl (C=O) groups excluding carboxylic acids is 1. The van der Waals surface area contributed by atoms with E-state index in [0.29, 0.717) is 0 Å². The molecule has 1 aromatic carbocycles. The maximum atomic E-state index is 13.2. The lowest BCUT2D eigenvalue weighted by atomic mass is 10.2. The number of amides is 1. The van der Waals surface area contributed by atoms with Gasteiger partial charge in [-0.2, -0.15) is 0 Å². The van der Waals surface area contributed by atoms with E-state index in [1.807, 2.05) is 5.32 Å². The minimum Gasteiger partial charge on any atom is -0.373 e. The van der Waals surface area contributed by atoms with E-state index in [-0.39, 0.29) is 0 Å². The highest BCUT2D eigenvalue weighted by atomic mass is 127. The zero-order valence-corrected chi connectivity index (χ0v) is 11.3. The molecule has 11 heteroatoms. The van der Waals surface area contributed by atoms with Gasteiger partial charge in [0.05, 0.1) is 22.9 Å². The van der Waals surface area contributed by atoms with E-state index in [0.717, 1.165) is 6.92 Å². The first-order valence-electron chi connectivity index (χ1n) is 4.30. The van der Waals surface area contributed by atoms with Gasteiger partial charge in [-0.15, -0.1) is 0 Å². The molecule has 0 fully saturated rings. The molecule has 0 saturated carbocycles. The third-order valence-electron chi connectivity index (χ3n) is 1.66.